The van der Waals surface area contributed by atoms with Gasteiger partial charge in [-0.25, -0.2) is 0 Å². The van der Waals surface area contributed by atoms with Gasteiger partial charge in [0.2, 0.25) is 0 Å². The van der Waals surface area contributed by atoms with Crippen molar-refractivity contribution in [2.24, 2.45) is 0 Å². The molecular weight excluding hydrogens is 326 g/mol. The van der Waals surface area contributed by atoms with Gasteiger partial charge in [0.25, 0.3) is 5.91 Å². The summed E-state index contributed by atoms with van der Waals surface area (Å²) in [6.45, 7) is 2.81. The monoisotopic (exact) mass is 345 g/mol. The molecule has 0 aliphatic carbocycles. The van der Waals surface area contributed by atoms with Crippen LogP contribution in [0.3, 0.4) is 0 Å². The van der Waals surface area contributed by atoms with Gasteiger partial charge in [-0.15, -0.1) is 0 Å². The molecule has 24 heavy (non-hydrogen) atoms. The third-order valence-electron chi connectivity index (χ3n) is 4.22. The van der Waals surface area contributed by atoms with E-state index in [0.717, 1.165) is 30.6 Å². The first-order valence-electron chi connectivity index (χ1n) is 7.98. The van der Waals surface area contributed by atoms with Crippen LogP contribution in [0.2, 0.25) is 5.02 Å². The molecule has 126 valence electrons. The zero-order chi connectivity index (χ0) is 16.9. The van der Waals surface area contributed by atoms with Crippen molar-refractivity contribution in [2.75, 3.05) is 13.1 Å². The molecule has 2 heterocycles. The molecule has 0 bridgehead atoms. The first-order chi connectivity index (χ1) is 11.6. The van der Waals surface area contributed by atoms with Crippen LogP contribution in [-0.2, 0) is 13.1 Å². The topological polar surface area (TPSA) is 65.5 Å². The lowest BCUT2D eigenvalue weighted by atomic mass is 10.1. The van der Waals surface area contributed by atoms with Crippen molar-refractivity contribution in [1.82, 2.24) is 15.2 Å². The fourth-order valence-electron chi connectivity index (χ4n) is 2.91. The normalized spacial score (nSPS) is 17.8. The molecule has 0 radical (unpaired) electrons. The number of amides is 1. The van der Waals surface area contributed by atoms with Crippen LogP contribution in [0.25, 0.3) is 0 Å². The van der Waals surface area contributed by atoms with Gasteiger partial charge < -0.3 is 10.4 Å². The van der Waals surface area contributed by atoms with Gasteiger partial charge in [-0.3, -0.25) is 14.7 Å². The number of β-amino-alcohol motifs (C(OH)–C–C–N with tert-alkyl or cyclic N) is 1. The van der Waals surface area contributed by atoms with Crippen molar-refractivity contribution in [2.45, 2.75) is 25.6 Å². The molecule has 2 N–H and O–H groups in total. The van der Waals surface area contributed by atoms with E-state index in [0.29, 0.717) is 23.7 Å². The van der Waals surface area contributed by atoms with Crippen molar-refractivity contribution >= 4 is 17.5 Å². The smallest absolute Gasteiger partial charge is 0.253 e. The van der Waals surface area contributed by atoms with Crippen molar-refractivity contribution in [3.63, 3.8) is 0 Å². The van der Waals surface area contributed by atoms with Gasteiger partial charge in [0.05, 0.1) is 16.7 Å². The summed E-state index contributed by atoms with van der Waals surface area (Å²) in [4.78, 5) is 18.4. The van der Waals surface area contributed by atoms with Crippen molar-refractivity contribution in [1.29, 1.82) is 0 Å². The largest absolute Gasteiger partial charge is 0.392 e. The molecular formula is C18H20ClN3O2. The minimum atomic E-state index is -0.231. The number of benzene rings is 1. The van der Waals surface area contributed by atoms with Crippen LogP contribution >= 0.6 is 11.6 Å². The van der Waals surface area contributed by atoms with Crippen molar-refractivity contribution in [3.8, 4) is 0 Å². The highest BCUT2D eigenvalue weighted by Gasteiger charge is 2.20. The quantitative estimate of drug-likeness (QED) is 0.872. The van der Waals surface area contributed by atoms with Crippen LogP contribution in [0.5, 0.6) is 0 Å². The lowest BCUT2D eigenvalue weighted by Crippen LogP contribution is -2.26. The van der Waals surface area contributed by atoms with E-state index in [-0.39, 0.29) is 12.0 Å². The van der Waals surface area contributed by atoms with E-state index in [1.54, 1.807) is 12.3 Å². The summed E-state index contributed by atoms with van der Waals surface area (Å²) in [5, 5.41) is 12.9. The molecule has 3 rings (SSSR count). The number of nitrogens with one attached hydrogen (secondary N) is 1. The second-order valence-electron chi connectivity index (χ2n) is 5.98. The average molecular weight is 346 g/mol. The van der Waals surface area contributed by atoms with E-state index in [2.05, 4.69) is 21.3 Å². The molecule has 6 heteroatoms. The number of aromatic nitrogens is 1. The maximum absolute atomic E-state index is 12.3. The van der Waals surface area contributed by atoms with Crippen molar-refractivity contribution in [3.05, 3.63) is 64.4 Å². The fraction of sp³-hybridized carbons (Fsp3) is 0.333. The maximum Gasteiger partial charge on any atom is 0.253 e. The number of hydrogen-bond donors (Lipinski definition) is 2. The number of nitrogens with zero attached hydrogens (tertiary/aromatic N) is 2. The van der Waals surface area contributed by atoms with Gasteiger partial charge in [0.15, 0.2) is 0 Å². The zero-order valence-electron chi connectivity index (χ0n) is 13.3. The molecule has 1 amide bonds. The average Bonchev–Trinajstić information content (AvgIpc) is 2.99. The van der Waals surface area contributed by atoms with Gasteiger partial charge in [-0.2, -0.15) is 0 Å². The Kier molecular flexibility index (Phi) is 5.45. The lowest BCUT2D eigenvalue weighted by molar-refractivity contribution is 0.0951. The van der Waals surface area contributed by atoms with Gasteiger partial charge >= 0.3 is 0 Å². The highest BCUT2D eigenvalue weighted by molar-refractivity contribution is 6.33. The highest BCUT2D eigenvalue weighted by Crippen LogP contribution is 2.17. The molecule has 5 nitrogen and oxygen atoms in total. The molecule has 2 aromatic rings. The molecule has 0 spiro atoms. The maximum atomic E-state index is 12.3. The summed E-state index contributed by atoms with van der Waals surface area (Å²) in [6, 6.07) is 9.63. The van der Waals surface area contributed by atoms with Crippen LogP contribution < -0.4 is 5.32 Å². The van der Waals surface area contributed by atoms with Gasteiger partial charge in [0, 0.05) is 38.6 Å². The van der Waals surface area contributed by atoms with E-state index in [9.17, 15) is 9.90 Å². The fourth-order valence-corrected chi connectivity index (χ4v) is 3.12. The summed E-state index contributed by atoms with van der Waals surface area (Å²) in [5.41, 5.74) is 2.65. The van der Waals surface area contributed by atoms with Crippen LogP contribution in [0.15, 0.2) is 42.7 Å². The number of aliphatic hydroxyl groups is 1. The Morgan fingerprint density at radius 2 is 2.12 bits per heavy atom. The van der Waals surface area contributed by atoms with E-state index in [1.807, 2.05) is 18.2 Å². The Morgan fingerprint density at radius 3 is 2.83 bits per heavy atom. The summed E-state index contributed by atoms with van der Waals surface area (Å²) in [5.74, 6) is -0.214. The number of carbonyl (C=O) groups excluding carboxylic acids is 1. The molecule has 1 aliphatic rings. The van der Waals surface area contributed by atoms with Crippen LogP contribution in [0, 0.1) is 0 Å². The number of pyridine rings is 1. The third kappa shape index (κ3) is 4.12. The van der Waals surface area contributed by atoms with Gasteiger partial charge in [-0.05, 0) is 23.6 Å². The van der Waals surface area contributed by atoms with Crippen LogP contribution in [0.4, 0.5) is 0 Å². The molecule has 1 aliphatic heterocycles. The molecule has 0 unspecified atom stereocenters. The number of likely N-dealkylation sites (tertiary alicyclic amines) is 1. The Labute approximate surface area is 146 Å². The molecule has 1 saturated heterocycles. The summed E-state index contributed by atoms with van der Waals surface area (Å²) in [7, 11) is 0. The molecule has 1 aromatic heterocycles. The Hall–Kier alpha value is -1.95. The summed E-state index contributed by atoms with van der Waals surface area (Å²) >= 11 is 6.01. The Morgan fingerprint density at radius 1 is 1.33 bits per heavy atom. The lowest BCUT2D eigenvalue weighted by Gasteiger charge is -2.18. The van der Waals surface area contributed by atoms with Gasteiger partial charge in [-0.1, -0.05) is 35.9 Å². The van der Waals surface area contributed by atoms with E-state index in [4.69, 9.17) is 11.6 Å². The first-order valence-corrected chi connectivity index (χ1v) is 8.36. The Balaban J connectivity index is 1.65. The molecule has 1 aromatic carbocycles. The number of halogens is 1. The van der Waals surface area contributed by atoms with E-state index < -0.39 is 0 Å². The van der Waals surface area contributed by atoms with Crippen molar-refractivity contribution < 1.29 is 9.90 Å². The third-order valence-corrected chi connectivity index (χ3v) is 4.52. The predicted octanol–water partition coefficient (Wildman–Crippen LogP) is 2.23. The number of aliphatic hydroxyl groups excluding tert-OH is 1. The number of carbonyl (C=O) groups is 1. The highest BCUT2D eigenvalue weighted by atomic mass is 35.5. The second kappa shape index (κ2) is 7.75. The molecule has 0 saturated carbocycles. The SMILES string of the molecule is O=C(NCc1ccccc1CN1CC[C@@H](O)C1)c1ccncc1Cl. The minimum Gasteiger partial charge on any atom is -0.392 e. The first kappa shape index (κ1) is 16.9. The second-order valence-corrected chi connectivity index (χ2v) is 6.39. The predicted molar refractivity (Wildman–Crippen MR) is 92.8 cm³/mol. The molecule has 1 fully saturated rings. The van der Waals surface area contributed by atoms with Crippen LogP contribution in [0.1, 0.15) is 27.9 Å². The summed E-state index contributed by atoms with van der Waals surface area (Å²) < 4.78 is 0. The summed E-state index contributed by atoms with van der Waals surface area (Å²) in [6.07, 6.45) is 3.60. The Bertz CT molecular complexity index is 723. The standard InChI is InChI=1S/C18H20ClN3O2/c19-17-10-20-7-5-16(17)18(24)21-9-13-3-1-2-4-14(13)11-22-8-6-15(23)12-22/h1-5,7,10,15,23H,6,8-9,11-12H2,(H,21,24)/t15-/m1/s1. The van der Waals surface area contributed by atoms with E-state index in [1.165, 1.54) is 6.20 Å². The number of rotatable bonds is 5. The van der Waals surface area contributed by atoms with E-state index >= 15 is 0 Å². The van der Waals surface area contributed by atoms with Gasteiger partial charge in [0.1, 0.15) is 0 Å². The number of hydrogen-bond acceptors (Lipinski definition) is 4. The zero-order valence-corrected chi connectivity index (χ0v) is 14.0. The molecule has 1 atom stereocenters. The minimum absolute atomic E-state index is 0.214. The van der Waals surface area contributed by atoms with Crippen LogP contribution in [-0.4, -0.2) is 40.1 Å².